The highest BCUT2D eigenvalue weighted by molar-refractivity contribution is 5.76. The van der Waals surface area contributed by atoms with E-state index in [4.69, 9.17) is 4.74 Å². The molecule has 2 aliphatic heterocycles. The van der Waals surface area contributed by atoms with Crippen molar-refractivity contribution in [3.63, 3.8) is 0 Å². The summed E-state index contributed by atoms with van der Waals surface area (Å²) in [5.74, 6) is 0.142. The van der Waals surface area contributed by atoms with E-state index in [0.29, 0.717) is 12.5 Å². The Kier molecular flexibility index (Phi) is 5.08. The van der Waals surface area contributed by atoms with Gasteiger partial charge in [0.25, 0.3) is 0 Å². The smallest absolute Gasteiger partial charge is 0.410 e. The highest BCUT2D eigenvalue weighted by atomic mass is 16.6. The average molecular weight is 297 g/mol. The van der Waals surface area contributed by atoms with E-state index in [0.717, 1.165) is 45.6 Å². The fraction of sp³-hybridized carbons (Fsp3) is 0.867. The van der Waals surface area contributed by atoms with Crippen molar-refractivity contribution in [2.75, 3.05) is 32.7 Å². The summed E-state index contributed by atoms with van der Waals surface area (Å²) in [5.41, 5.74) is -0.440. The number of carbonyl (C=O) groups is 2. The number of hydrogen-bond donors (Lipinski definition) is 1. The van der Waals surface area contributed by atoms with Gasteiger partial charge in [-0.2, -0.15) is 0 Å². The van der Waals surface area contributed by atoms with Crippen molar-refractivity contribution in [2.24, 2.45) is 0 Å². The lowest BCUT2D eigenvalue weighted by atomic mass is 10.0. The number of carbonyl (C=O) groups excluding carboxylic acids is 2. The zero-order valence-corrected chi connectivity index (χ0v) is 13.4. The Morgan fingerprint density at radius 3 is 2.48 bits per heavy atom. The number of amides is 2. The van der Waals surface area contributed by atoms with Gasteiger partial charge in [0.1, 0.15) is 5.60 Å². The number of piperidine rings is 1. The standard InChI is InChI=1S/C15H27N3O3/c1-15(2,3)21-14(20)18-8-4-12(5-9-18)17-10-6-13(19)16-7-11-17/h12H,4-11H2,1-3H3,(H,16,19). The van der Waals surface area contributed by atoms with Crippen molar-refractivity contribution in [3.8, 4) is 0 Å². The number of nitrogens with zero attached hydrogens (tertiary/aromatic N) is 2. The van der Waals surface area contributed by atoms with Crippen LogP contribution >= 0.6 is 0 Å². The van der Waals surface area contributed by atoms with Gasteiger partial charge < -0.3 is 15.0 Å². The van der Waals surface area contributed by atoms with Gasteiger partial charge in [-0.25, -0.2) is 4.79 Å². The quantitative estimate of drug-likeness (QED) is 0.790. The van der Waals surface area contributed by atoms with Gasteiger partial charge in [-0.1, -0.05) is 0 Å². The van der Waals surface area contributed by atoms with Crippen molar-refractivity contribution in [1.29, 1.82) is 0 Å². The Hall–Kier alpha value is -1.30. The zero-order valence-electron chi connectivity index (χ0n) is 13.4. The number of rotatable bonds is 1. The lowest BCUT2D eigenvalue weighted by Gasteiger charge is -2.38. The van der Waals surface area contributed by atoms with Crippen LogP contribution in [0.4, 0.5) is 4.79 Å². The van der Waals surface area contributed by atoms with Crippen LogP contribution in [0, 0.1) is 0 Å². The van der Waals surface area contributed by atoms with Crippen molar-refractivity contribution in [2.45, 2.75) is 51.7 Å². The molecule has 120 valence electrons. The first-order valence-corrected chi connectivity index (χ1v) is 7.84. The third-order valence-corrected chi connectivity index (χ3v) is 3.98. The minimum absolute atomic E-state index is 0.142. The van der Waals surface area contributed by atoms with Crippen LogP contribution in [0.5, 0.6) is 0 Å². The minimum Gasteiger partial charge on any atom is -0.444 e. The molecule has 0 bridgehead atoms. The molecule has 0 aliphatic carbocycles. The lowest BCUT2D eigenvalue weighted by Crippen LogP contribution is -2.48. The highest BCUT2D eigenvalue weighted by Crippen LogP contribution is 2.19. The van der Waals surface area contributed by atoms with Crippen LogP contribution < -0.4 is 5.32 Å². The topological polar surface area (TPSA) is 61.9 Å². The molecule has 0 saturated carbocycles. The van der Waals surface area contributed by atoms with Crippen LogP contribution in [0.1, 0.15) is 40.0 Å². The van der Waals surface area contributed by atoms with Gasteiger partial charge >= 0.3 is 6.09 Å². The summed E-state index contributed by atoms with van der Waals surface area (Å²) < 4.78 is 5.41. The fourth-order valence-electron chi connectivity index (χ4n) is 2.89. The summed E-state index contributed by atoms with van der Waals surface area (Å²) in [7, 11) is 0. The molecule has 2 saturated heterocycles. The summed E-state index contributed by atoms with van der Waals surface area (Å²) in [4.78, 5) is 27.6. The summed E-state index contributed by atoms with van der Waals surface area (Å²) in [6, 6.07) is 0.469. The molecular formula is C15H27N3O3. The fourth-order valence-corrected chi connectivity index (χ4v) is 2.89. The maximum Gasteiger partial charge on any atom is 0.410 e. The summed E-state index contributed by atoms with van der Waals surface area (Å²) in [6.45, 7) is 9.59. The normalized spacial score (nSPS) is 22.6. The molecule has 0 aromatic rings. The molecule has 2 amide bonds. The molecule has 2 rings (SSSR count). The maximum atomic E-state index is 12.0. The first kappa shape index (κ1) is 16.1. The van der Waals surface area contributed by atoms with E-state index < -0.39 is 5.60 Å². The molecule has 0 aromatic carbocycles. The molecule has 0 atom stereocenters. The molecule has 2 heterocycles. The lowest BCUT2D eigenvalue weighted by molar-refractivity contribution is -0.120. The molecule has 21 heavy (non-hydrogen) atoms. The Morgan fingerprint density at radius 1 is 1.19 bits per heavy atom. The molecule has 0 spiro atoms. The minimum atomic E-state index is -0.440. The van der Waals surface area contributed by atoms with Gasteiger partial charge in [-0.05, 0) is 33.6 Å². The van der Waals surface area contributed by atoms with E-state index in [1.165, 1.54) is 0 Å². The first-order valence-electron chi connectivity index (χ1n) is 7.84. The second-order valence-corrected chi connectivity index (χ2v) is 6.83. The molecule has 6 heteroatoms. The second kappa shape index (κ2) is 6.64. The molecule has 2 fully saturated rings. The Morgan fingerprint density at radius 2 is 1.86 bits per heavy atom. The van der Waals surface area contributed by atoms with Gasteiger partial charge in [0.05, 0.1) is 0 Å². The van der Waals surface area contributed by atoms with Gasteiger partial charge in [0.15, 0.2) is 0 Å². The Balaban J connectivity index is 1.80. The van der Waals surface area contributed by atoms with E-state index in [-0.39, 0.29) is 12.0 Å². The van der Waals surface area contributed by atoms with Gasteiger partial charge in [-0.15, -0.1) is 0 Å². The second-order valence-electron chi connectivity index (χ2n) is 6.83. The Bertz CT molecular complexity index is 384. The summed E-state index contributed by atoms with van der Waals surface area (Å²) >= 11 is 0. The summed E-state index contributed by atoms with van der Waals surface area (Å²) in [6.07, 6.45) is 2.27. The van der Waals surface area contributed by atoms with Crippen molar-refractivity contribution in [3.05, 3.63) is 0 Å². The van der Waals surface area contributed by atoms with Crippen molar-refractivity contribution >= 4 is 12.0 Å². The predicted molar refractivity (Wildman–Crippen MR) is 80.0 cm³/mol. The number of likely N-dealkylation sites (tertiary alicyclic amines) is 1. The summed E-state index contributed by atoms with van der Waals surface area (Å²) in [5, 5.41) is 2.90. The van der Waals surface area contributed by atoms with Crippen LogP contribution in [0.15, 0.2) is 0 Å². The molecule has 0 unspecified atom stereocenters. The molecular weight excluding hydrogens is 270 g/mol. The van der Waals surface area contributed by atoms with Crippen molar-refractivity contribution in [1.82, 2.24) is 15.1 Å². The van der Waals surface area contributed by atoms with Gasteiger partial charge in [-0.3, -0.25) is 9.69 Å². The third-order valence-electron chi connectivity index (χ3n) is 3.98. The third kappa shape index (κ3) is 4.88. The Labute approximate surface area is 126 Å². The average Bonchev–Trinajstić information content (AvgIpc) is 2.62. The van der Waals surface area contributed by atoms with Crippen LogP contribution in [0.25, 0.3) is 0 Å². The number of nitrogens with one attached hydrogen (secondary N) is 1. The van der Waals surface area contributed by atoms with Crippen LogP contribution in [-0.4, -0.2) is 66.2 Å². The van der Waals surface area contributed by atoms with Gasteiger partial charge in [0, 0.05) is 45.2 Å². The number of ether oxygens (including phenoxy) is 1. The van der Waals surface area contributed by atoms with E-state index in [2.05, 4.69) is 10.2 Å². The molecule has 0 aromatic heterocycles. The van der Waals surface area contributed by atoms with Crippen molar-refractivity contribution < 1.29 is 14.3 Å². The molecule has 0 radical (unpaired) electrons. The molecule has 6 nitrogen and oxygen atoms in total. The van der Waals surface area contributed by atoms with Gasteiger partial charge in [0.2, 0.25) is 5.91 Å². The maximum absolute atomic E-state index is 12.0. The van der Waals surface area contributed by atoms with Crippen LogP contribution in [0.3, 0.4) is 0 Å². The monoisotopic (exact) mass is 297 g/mol. The number of hydrogen-bond acceptors (Lipinski definition) is 4. The van der Waals surface area contributed by atoms with E-state index in [1.54, 1.807) is 4.90 Å². The molecule has 2 aliphatic rings. The van der Waals surface area contributed by atoms with Crippen LogP contribution in [0.2, 0.25) is 0 Å². The largest absolute Gasteiger partial charge is 0.444 e. The highest BCUT2D eigenvalue weighted by Gasteiger charge is 2.30. The van der Waals surface area contributed by atoms with E-state index >= 15 is 0 Å². The van der Waals surface area contributed by atoms with E-state index in [9.17, 15) is 9.59 Å². The first-order chi connectivity index (χ1) is 9.85. The van der Waals surface area contributed by atoms with Crippen LogP contribution in [-0.2, 0) is 9.53 Å². The molecule has 1 N–H and O–H groups in total. The zero-order chi connectivity index (χ0) is 15.5. The van der Waals surface area contributed by atoms with E-state index in [1.807, 2.05) is 20.8 Å². The predicted octanol–water partition coefficient (Wildman–Crippen LogP) is 1.21. The SMILES string of the molecule is CC(C)(C)OC(=O)N1CCC(N2CCNC(=O)CC2)CC1.